The number of hydrogen-bond acceptors (Lipinski definition) is 0. The molecule has 34 valence electrons. The molecule has 0 unspecified atom stereocenters. The van der Waals surface area contributed by atoms with Crippen molar-refractivity contribution in [1.29, 1.82) is 0 Å². The van der Waals surface area contributed by atoms with E-state index in [9.17, 15) is 0 Å². The monoisotopic (exact) mass is 278 g/mol. The molecule has 0 spiro atoms. The molecule has 0 rings (SSSR count). The molecule has 0 bridgehead atoms. The summed E-state index contributed by atoms with van der Waals surface area (Å²) >= 11 is 1.19. The van der Waals surface area contributed by atoms with Crippen LogP contribution in [0.1, 0.15) is 12.8 Å². The average Bonchev–Trinajstić information content (AvgIpc) is 1.61. The van der Waals surface area contributed by atoms with Gasteiger partial charge in [0.15, 0.2) is 0 Å². The predicted octanol–water partition coefficient (Wildman–Crippen LogP) is 1.27. The molecule has 0 aromatic heterocycles. The fraction of sp³-hybridized carbons (Fsp3) is 0.600. The fourth-order valence-electron chi connectivity index (χ4n) is 0.262. The standard InChI is InChI=1S/C5H9.Pb.H/c1-3-5-4-2;;/h3H,1-2,4-5H2;;. The maximum absolute atomic E-state index is 3.62. The van der Waals surface area contributed by atoms with Crippen LogP contribution in [0.3, 0.4) is 0 Å². The minimum atomic E-state index is 1.19. The number of allylic oxidation sites excluding steroid dienone is 1. The van der Waals surface area contributed by atoms with Gasteiger partial charge in [-0.2, -0.15) is 0 Å². The van der Waals surface area contributed by atoms with E-state index in [1.807, 2.05) is 6.08 Å². The first kappa shape index (κ1) is 6.66. The van der Waals surface area contributed by atoms with Gasteiger partial charge in [0, 0.05) is 0 Å². The van der Waals surface area contributed by atoms with Crippen LogP contribution in [0, 0.1) is 0 Å². The molecular weight excluding hydrogens is 267 g/mol. The molecule has 2 radical (unpaired) electrons. The van der Waals surface area contributed by atoms with Crippen LogP contribution in [-0.4, -0.2) is 25.8 Å². The van der Waals surface area contributed by atoms with Gasteiger partial charge < -0.3 is 0 Å². The zero-order chi connectivity index (χ0) is 4.83. The van der Waals surface area contributed by atoms with Crippen LogP contribution < -0.4 is 0 Å². The van der Waals surface area contributed by atoms with Gasteiger partial charge in [-0.1, -0.05) is 0 Å². The van der Waals surface area contributed by atoms with Crippen molar-refractivity contribution in [2.45, 2.75) is 16.8 Å². The van der Waals surface area contributed by atoms with Crippen LogP contribution >= 0.6 is 0 Å². The van der Waals surface area contributed by atoms with Crippen molar-refractivity contribution in [3.8, 4) is 0 Å². The van der Waals surface area contributed by atoms with Gasteiger partial charge >= 0.3 is 55.2 Å². The van der Waals surface area contributed by atoms with Gasteiger partial charge in [-0.15, -0.1) is 0 Å². The summed E-state index contributed by atoms with van der Waals surface area (Å²) in [6, 6.07) is 0. The summed E-state index contributed by atoms with van der Waals surface area (Å²) in [6.07, 6.45) is 4.58. The summed E-state index contributed by atoms with van der Waals surface area (Å²) in [5.41, 5.74) is 0. The Morgan fingerprint density at radius 1 is 1.67 bits per heavy atom. The Labute approximate surface area is 55.3 Å². The number of unbranched alkanes of at least 4 members (excludes halogenated alkanes) is 1. The van der Waals surface area contributed by atoms with Gasteiger partial charge in [-0.3, -0.25) is 0 Å². The van der Waals surface area contributed by atoms with E-state index in [0.717, 1.165) is 0 Å². The van der Waals surface area contributed by atoms with Gasteiger partial charge in [0.2, 0.25) is 0 Å². The van der Waals surface area contributed by atoms with Gasteiger partial charge in [0.05, 0.1) is 0 Å². The van der Waals surface area contributed by atoms with Crippen molar-refractivity contribution >= 4 is 25.8 Å². The summed E-state index contributed by atoms with van der Waals surface area (Å²) in [4.78, 5) is 0. The topological polar surface area (TPSA) is 0 Å². The molecule has 0 saturated carbocycles. The molecule has 0 N–H and O–H groups in total. The summed E-state index contributed by atoms with van der Waals surface area (Å²) in [6.45, 7) is 3.62. The molecule has 6 heavy (non-hydrogen) atoms. The fourth-order valence-corrected chi connectivity index (χ4v) is 1.18. The number of hydrogen-bond donors (Lipinski definition) is 0. The Kier molecular flexibility index (Phi) is 6.29. The van der Waals surface area contributed by atoms with E-state index >= 15 is 0 Å². The third-order valence-electron chi connectivity index (χ3n) is 0.612. The summed E-state index contributed by atoms with van der Waals surface area (Å²) in [5.74, 6) is 0. The first-order valence-corrected chi connectivity index (χ1v) is 5.40. The van der Waals surface area contributed by atoms with Crippen molar-refractivity contribution in [3.05, 3.63) is 12.7 Å². The van der Waals surface area contributed by atoms with E-state index in [2.05, 4.69) is 6.58 Å². The normalized spacial score (nSPS) is 8.17. The molecular formula is C5H10Pb. The third kappa shape index (κ3) is 4.66. The Hall–Kier alpha value is 0.662. The van der Waals surface area contributed by atoms with E-state index in [-0.39, 0.29) is 0 Å². The Balaban J connectivity index is 2.49. The first-order valence-electron chi connectivity index (χ1n) is 2.22. The van der Waals surface area contributed by atoms with Crippen LogP contribution in [0.4, 0.5) is 0 Å². The van der Waals surface area contributed by atoms with E-state index < -0.39 is 0 Å². The van der Waals surface area contributed by atoms with Crippen LogP contribution in [0.2, 0.25) is 3.98 Å². The zero-order valence-corrected chi connectivity index (χ0v) is 8.47. The molecule has 0 aliphatic heterocycles. The summed E-state index contributed by atoms with van der Waals surface area (Å²) in [5, 5.41) is 0. The molecule has 0 aromatic rings. The van der Waals surface area contributed by atoms with Crippen molar-refractivity contribution in [3.63, 3.8) is 0 Å². The first-order chi connectivity index (χ1) is 2.91. The Morgan fingerprint density at radius 2 is 2.33 bits per heavy atom. The van der Waals surface area contributed by atoms with Gasteiger partial charge in [-0.25, -0.2) is 0 Å². The second-order valence-electron chi connectivity index (χ2n) is 1.22. The van der Waals surface area contributed by atoms with Crippen molar-refractivity contribution < 1.29 is 0 Å². The average molecular weight is 277 g/mol. The maximum atomic E-state index is 3.62. The molecule has 0 aliphatic rings. The molecule has 1 heteroatoms. The van der Waals surface area contributed by atoms with Crippen molar-refractivity contribution in [1.82, 2.24) is 0 Å². The third-order valence-corrected chi connectivity index (χ3v) is 2.20. The van der Waals surface area contributed by atoms with E-state index in [1.165, 1.54) is 42.6 Å². The minimum absolute atomic E-state index is 1.19. The van der Waals surface area contributed by atoms with Crippen LogP contribution in [-0.2, 0) is 0 Å². The Bertz CT molecular complexity index is 32.9. The van der Waals surface area contributed by atoms with Gasteiger partial charge in [0.25, 0.3) is 0 Å². The zero-order valence-electron chi connectivity index (χ0n) is 3.98. The van der Waals surface area contributed by atoms with Crippen LogP contribution in [0.5, 0.6) is 0 Å². The van der Waals surface area contributed by atoms with Crippen molar-refractivity contribution in [2.75, 3.05) is 0 Å². The van der Waals surface area contributed by atoms with Gasteiger partial charge in [0.1, 0.15) is 0 Å². The molecule has 0 amide bonds. The molecule has 0 fully saturated rings. The summed E-state index contributed by atoms with van der Waals surface area (Å²) in [7, 11) is 0. The van der Waals surface area contributed by atoms with Gasteiger partial charge in [-0.05, 0) is 0 Å². The molecule has 0 saturated heterocycles. The molecule has 0 aromatic carbocycles. The quantitative estimate of drug-likeness (QED) is 0.414. The molecule has 0 heterocycles. The van der Waals surface area contributed by atoms with E-state index in [4.69, 9.17) is 0 Å². The van der Waals surface area contributed by atoms with E-state index in [1.54, 1.807) is 0 Å². The number of rotatable bonds is 3. The second-order valence-corrected chi connectivity index (χ2v) is 3.46. The Morgan fingerprint density at radius 3 is 2.50 bits per heavy atom. The van der Waals surface area contributed by atoms with Crippen molar-refractivity contribution in [2.24, 2.45) is 0 Å². The predicted molar refractivity (Wildman–Crippen MR) is 31.4 cm³/mol. The SMILES string of the molecule is C=CCC[CH2][PbH]. The molecule has 0 atom stereocenters. The summed E-state index contributed by atoms with van der Waals surface area (Å²) < 4.78 is 1.45. The molecule has 0 nitrogen and oxygen atoms in total. The van der Waals surface area contributed by atoms with Crippen LogP contribution in [0.25, 0.3) is 0 Å². The molecule has 0 aliphatic carbocycles. The van der Waals surface area contributed by atoms with E-state index in [0.29, 0.717) is 0 Å². The second kappa shape index (κ2) is 5.66. The van der Waals surface area contributed by atoms with Crippen LogP contribution in [0.15, 0.2) is 12.7 Å².